The molecular weight excluding hydrogens is 272 g/mol. The number of thiocarbonyl (C=S) groups is 1. The van der Waals surface area contributed by atoms with Crippen LogP contribution in [0.3, 0.4) is 0 Å². The minimum absolute atomic E-state index is 0.150. The molecule has 0 radical (unpaired) electrons. The van der Waals surface area contributed by atoms with Gasteiger partial charge in [0.1, 0.15) is 18.1 Å². The fourth-order valence-electron chi connectivity index (χ4n) is 1.54. The van der Waals surface area contributed by atoms with Crippen LogP contribution in [0, 0.1) is 0 Å². The van der Waals surface area contributed by atoms with E-state index < -0.39 is 0 Å². The van der Waals surface area contributed by atoms with Gasteiger partial charge in [-0.15, -0.1) is 0 Å². The molecule has 0 aliphatic heterocycles. The maximum absolute atomic E-state index is 8.97. The van der Waals surface area contributed by atoms with Gasteiger partial charge >= 0.3 is 0 Å². The van der Waals surface area contributed by atoms with Gasteiger partial charge in [0.25, 0.3) is 0 Å². The van der Waals surface area contributed by atoms with Crippen molar-refractivity contribution in [2.24, 2.45) is 5.73 Å². The van der Waals surface area contributed by atoms with E-state index >= 15 is 0 Å². The number of furan rings is 1. The molecule has 6 heteroatoms. The van der Waals surface area contributed by atoms with Gasteiger partial charge in [0.05, 0.1) is 5.02 Å². The van der Waals surface area contributed by atoms with E-state index in [1.54, 1.807) is 30.3 Å². The molecule has 0 unspecified atom stereocenters. The van der Waals surface area contributed by atoms with E-state index in [9.17, 15) is 0 Å². The number of halogens is 1. The summed E-state index contributed by atoms with van der Waals surface area (Å²) in [6.07, 6.45) is 0. The molecule has 1 aromatic heterocycles. The predicted octanol–water partition coefficient (Wildman–Crippen LogP) is 2.75. The zero-order valence-corrected chi connectivity index (χ0v) is 10.9. The molecule has 0 bridgehead atoms. The monoisotopic (exact) mass is 282 g/mol. The summed E-state index contributed by atoms with van der Waals surface area (Å²) in [6, 6.07) is 8.71. The largest absolute Gasteiger partial charge is 0.459 e. The van der Waals surface area contributed by atoms with Crippen LogP contribution in [0.25, 0.3) is 11.3 Å². The molecule has 4 nitrogen and oxygen atoms in total. The van der Waals surface area contributed by atoms with Crippen LogP contribution in [0.2, 0.25) is 5.02 Å². The number of hydrogen-bond acceptors (Lipinski definition) is 3. The molecule has 2 aromatic rings. The highest BCUT2D eigenvalue weighted by atomic mass is 35.5. The maximum atomic E-state index is 8.97. The van der Waals surface area contributed by atoms with Crippen molar-refractivity contribution in [3.05, 3.63) is 41.1 Å². The van der Waals surface area contributed by atoms with Gasteiger partial charge in [0, 0.05) is 11.3 Å². The first-order chi connectivity index (χ1) is 8.60. The van der Waals surface area contributed by atoms with E-state index in [2.05, 4.69) is 5.32 Å². The minimum Gasteiger partial charge on any atom is -0.459 e. The Morgan fingerprint density at radius 1 is 1.39 bits per heavy atom. The summed E-state index contributed by atoms with van der Waals surface area (Å²) in [4.78, 5) is 0. The lowest BCUT2D eigenvalue weighted by molar-refractivity contribution is 0.248. The van der Waals surface area contributed by atoms with Crippen molar-refractivity contribution in [2.45, 2.75) is 6.61 Å². The Hall–Kier alpha value is -1.56. The smallest absolute Gasteiger partial charge is 0.168 e. The standard InChI is InChI=1S/C12H11ClN2O2S/c13-10-3-1-7(15-12(14)18)5-9(10)11-4-2-8(6-16)17-11/h1-5,16H,6H2,(H3,14,15,18). The Labute approximate surface area is 114 Å². The number of anilines is 1. The van der Waals surface area contributed by atoms with Crippen LogP contribution in [0.1, 0.15) is 5.76 Å². The van der Waals surface area contributed by atoms with Gasteiger partial charge in [0.15, 0.2) is 5.11 Å². The van der Waals surface area contributed by atoms with Crippen LogP contribution in [0.4, 0.5) is 5.69 Å². The number of nitrogens with one attached hydrogen (secondary N) is 1. The summed E-state index contributed by atoms with van der Waals surface area (Å²) in [5.74, 6) is 1.06. The second-order valence-electron chi connectivity index (χ2n) is 3.61. The quantitative estimate of drug-likeness (QED) is 0.755. The van der Waals surface area contributed by atoms with Crippen LogP contribution in [-0.2, 0) is 6.61 Å². The zero-order chi connectivity index (χ0) is 13.1. The first-order valence-corrected chi connectivity index (χ1v) is 5.94. The molecule has 2 rings (SSSR count). The molecule has 1 aromatic carbocycles. The number of benzene rings is 1. The number of aliphatic hydroxyl groups is 1. The van der Waals surface area contributed by atoms with Crippen molar-refractivity contribution >= 4 is 34.6 Å². The van der Waals surface area contributed by atoms with Crippen LogP contribution in [0.15, 0.2) is 34.7 Å². The van der Waals surface area contributed by atoms with Gasteiger partial charge in [-0.3, -0.25) is 0 Å². The highest BCUT2D eigenvalue weighted by molar-refractivity contribution is 7.80. The fourth-order valence-corrected chi connectivity index (χ4v) is 1.87. The van der Waals surface area contributed by atoms with Gasteiger partial charge < -0.3 is 20.6 Å². The molecule has 0 amide bonds. The van der Waals surface area contributed by atoms with E-state index in [-0.39, 0.29) is 11.7 Å². The summed E-state index contributed by atoms with van der Waals surface area (Å²) < 4.78 is 5.43. The van der Waals surface area contributed by atoms with Crippen molar-refractivity contribution in [3.8, 4) is 11.3 Å². The Morgan fingerprint density at radius 2 is 2.17 bits per heavy atom. The zero-order valence-electron chi connectivity index (χ0n) is 9.31. The molecule has 18 heavy (non-hydrogen) atoms. The van der Waals surface area contributed by atoms with Crippen molar-refractivity contribution in [2.75, 3.05) is 5.32 Å². The van der Waals surface area contributed by atoms with Crippen molar-refractivity contribution in [3.63, 3.8) is 0 Å². The van der Waals surface area contributed by atoms with E-state index in [0.29, 0.717) is 22.1 Å². The average Bonchev–Trinajstić information content (AvgIpc) is 2.79. The molecule has 1 heterocycles. The number of aliphatic hydroxyl groups excluding tert-OH is 1. The summed E-state index contributed by atoms with van der Waals surface area (Å²) in [5.41, 5.74) is 6.84. The molecule has 0 spiro atoms. The first kappa shape index (κ1) is 12.9. The number of rotatable bonds is 3. The Kier molecular flexibility index (Phi) is 3.86. The van der Waals surface area contributed by atoms with Crippen LogP contribution < -0.4 is 11.1 Å². The number of hydrogen-bond donors (Lipinski definition) is 3. The van der Waals surface area contributed by atoms with Crippen molar-refractivity contribution in [1.82, 2.24) is 0 Å². The third-order valence-corrected chi connectivity index (χ3v) is 2.75. The molecule has 0 saturated carbocycles. The molecule has 0 fully saturated rings. The molecule has 0 aliphatic rings. The van der Waals surface area contributed by atoms with Crippen LogP contribution >= 0.6 is 23.8 Å². The molecule has 0 saturated heterocycles. The normalized spacial score (nSPS) is 10.3. The summed E-state index contributed by atoms with van der Waals surface area (Å²) >= 11 is 10.9. The third-order valence-electron chi connectivity index (χ3n) is 2.32. The van der Waals surface area contributed by atoms with E-state index in [0.717, 1.165) is 5.69 Å². The Morgan fingerprint density at radius 3 is 2.78 bits per heavy atom. The minimum atomic E-state index is -0.150. The van der Waals surface area contributed by atoms with E-state index in [1.807, 2.05) is 0 Å². The topological polar surface area (TPSA) is 71.4 Å². The predicted molar refractivity (Wildman–Crippen MR) is 75.5 cm³/mol. The SMILES string of the molecule is NC(=S)Nc1ccc(Cl)c(-c2ccc(CO)o2)c1. The average molecular weight is 283 g/mol. The van der Waals surface area contributed by atoms with E-state index in [4.69, 9.17) is 39.1 Å². The third kappa shape index (κ3) is 2.81. The summed E-state index contributed by atoms with van der Waals surface area (Å²) in [6.45, 7) is -0.150. The maximum Gasteiger partial charge on any atom is 0.168 e. The lowest BCUT2D eigenvalue weighted by Gasteiger charge is -2.07. The first-order valence-electron chi connectivity index (χ1n) is 5.16. The van der Waals surface area contributed by atoms with Gasteiger partial charge in [-0.25, -0.2) is 0 Å². The molecule has 0 atom stereocenters. The number of nitrogens with two attached hydrogens (primary N) is 1. The highest BCUT2D eigenvalue weighted by Gasteiger charge is 2.09. The summed E-state index contributed by atoms with van der Waals surface area (Å²) in [7, 11) is 0. The fraction of sp³-hybridized carbons (Fsp3) is 0.0833. The molecular formula is C12H11ClN2O2S. The summed E-state index contributed by atoms with van der Waals surface area (Å²) in [5, 5.41) is 12.5. The van der Waals surface area contributed by atoms with Crippen molar-refractivity contribution < 1.29 is 9.52 Å². The molecule has 94 valence electrons. The lowest BCUT2D eigenvalue weighted by atomic mass is 10.1. The van der Waals surface area contributed by atoms with Crippen molar-refractivity contribution in [1.29, 1.82) is 0 Å². The van der Waals surface area contributed by atoms with Gasteiger partial charge in [-0.2, -0.15) is 0 Å². The van der Waals surface area contributed by atoms with Crippen LogP contribution in [-0.4, -0.2) is 10.2 Å². The highest BCUT2D eigenvalue weighted by Crippen LogP contribution is 2.31. The lowest BCUT2D eigenvalue weighted by Crippen LogP contribution is -2.18. The van der Waals surface area contributed by atoms with Gasteiger partial charge in [-0.05, 0) is 42.5 Å². The van der Waals surface area contributed by atoms with E-state index in [1.165, 1.54) is 0 Å². The van der Waals surface area contributed by atoms with Crippen LogP contribution in [0.5, 0.6) is 0 Å². The van der Waals surface area contributed by atoms with Gasteiger partial charge in [-0.1, -0.05) is 11.6 Å². The Bertz CT molecular complexity index is 583. The molecule has 0 aliphatic carbocycles. The molecule has 4 N–H and O–H groups in total. The second kappa shape index (κ2) is 5.39. The Balaban J connectivity index is 2.39. The second-order valence-corrected chi connectivity index (χ2v) is 4.45. The van der Waals surface area contributed by atoms with Gasteiger partial charge in [0.2, 0.25) is 0 Å².